The number of aromatic nitrogens is 5. The molecule has 0 aliphatic rings. The molecule has 0 saturated carbocycles. The van der Waals surface area contributed by atoms with Crippen molar-refractivity contribution >= 4 is 22.6 Å². The summed E-state index contributed by atoms with van der Waals surface area (Å²) in [5.74, 6) is -0.305. The fourth-order valence-electron chi connectivity index (χ4n) is 3.40. The minimum Gasteiger partial charge on any atom is -0.321 e. The number of benzene rings is 2. The lowest BCUT2D eigenvalue weighted by Gasteiger charge is -2.10. The first-order valence-electron chi connectivity index (χ1n) is 9.50. The van der Waals surface area contributed by atoms with E-state index in [1.807, 2.05) is 24.3 Å². The molecule has 2 heterocycles. The van der Waals surface area contributed by atoms with Crippen molar-refractivity contribution in [1.29, 1.82) is 0 Å². The molecule has 0 radical (unpaired) electrons. The number of amides is 1. The molecule has 31 heavy (non-hydrogen) atoms. The second kappa shape index (κ2) is 7.86. The van der Waals surface area contributed by atoms with Gasteiger partial charge in [-0.25, -0.2) is 4.68 Å². The summed E-state index contributed by atoms with van der Waals surface area (Å²) in [6.45, 7) is 3.61. The molecule has 0 aliphatic heterocycles. The number of carbonyl (C=O) groups excluding carboxylic acids is 1. The van der Waals surface area contributed by atoms with Crippen LogP contribution in [0, 0.1) is 13.8 Å². The lowest BCUT2D eigenvalue weighted by atomic mass is 10.1. The maximum absolute atomic E-state index is 13.0. The second-order valence-electron chi connectivity index (χ2n) is 7.19. The Bertz CT molecular complexity index is 1260. The Morgan fingerprint density at radius 1 is 1.06 bits per heavy atom. The molecule has 10 heteroatoms. The van der Waals surface area contributed by atoms with E-state index in [0.29, 0.717) is 28.2 Å². The summed E-state index contributed by atoms with van der Waals surface area (Å²) in [5.41, 5.74) is 2.93. The number of nitrogens with zero attached hydrogens (tertiary/aromatic N) is 5. The van der Waals surface area contributed by atoms with Crippen molar-refractivity contribution in [1.82, 2.24) is 24.8 Å². The Labute approximate surface area is 175 Å². The predicted octanol–water partition coefficient (Wildman–Crippen LogP) is 3.95. The standard InChI is InChI=1S/C21H19F3N6O/c1-13-20(25-19(31)12-30-18-9-4-3-8-17(18)26-28-30)14(2)29(27-13)11-15-6-5-7-16(10-15)21(22,23)24/h3-10H,11-12H2,1-2H3,(H,25,31). The summed E-state index contributed by atoms with van der Waals surface area (Å²) in [4.78, 5) is 12.6. The highest BCUT2D eigenvalue weighted by Crippen LogP contribution is 2.30. The first kappa shape index (κ1) is 20.6. The highest BCUT2D eigenvalue weighted by Gasteiger charge is 2.30. The molecule has 2 aromatic carbocycles. The van der Waals surface area contributed by atoms with Crippen LogP contribution in [0.2, 0.25) is 0 Å². The topological polar surface area (TPSA) is 77.6 Å². The Balaban J connectivity index is 1.51. The molecule has 0 spiro atoms. The lowest BCUT2D eigenvalue weighted by Crippen LogP contribution is -2.20. The van der Waals surface area contributed by atoms with Crippen LogP contribution in [0.5, 0.6) is 0 Å². The number of fused-ring (bicyclic) bond motifs is 1. The Morgan fingerprint density at radius 2 is 1.84 bits per heavy atom. The molecular weight excluding hydrogens is 409 g/mol. The zero-order chi connectivity index (χ0) is 22.2. The Hall–Kier alpha value is -3.69. The average molecular weight is 428 g/mol. The Morgan fingerprint density at radius 3 is 2.61 bits per heavy atom. The van der Waals surface area contributed by atoms with E-state index in [-0.39, 0.29) is 19.0 Å². The first-order valence-corrected chi connectivity index (χ1v) is 9.50. The van der Waals surface area contributed by atoms with Crippen LogP contribution in [0.15, 0.2) is 48.5 Å². The highest BCUT2D eigenvalue weighted by molar-refractivity contribution is 5.92. The summed E-state index contributed by atoms with van der Waals surface area (Å²) in [6, 6.07) is 12.4. The van der Waals surface area contributed by atoms with Crippen molar-refractivity contribution < 1.29 is 18.0 Å². The van der Waals surface area contributed by atoms with Gasteiger partial charge in [0.2, 0.25) is 5.91 Å². The molecule has 7 nitrogen and oxygen atoms in total. The maximum atomic E-state index is 13.0. The van der Waals surface area contributed by atoms with Gasteiger partial charge in [-0.05, 0) is 43.7 Å². The summed E-state index contributed by atoms with van der Waals surface area (Å²) in [7, 11) is 0. The second-order valence-corrected chi connectivity index (χ2v) is 7.19. The average Bonchev–Trinajstić information content (AvgIpc) is 3.24. The number of hydrogen-bond donors (Lipinski definition) is 1. The van der Waals surface area contributed by atoms with Crippen molar-refractivity contribution in [3.63, 3.8) is 0 Å². The van der Waals surface area contributed by atoms with Gasteiger partial charge in [0.05, 0.1) is 34.7 Å². The van der Waals surface area contributed by atoms with Crippen LogP contribution in [0.4, 0.5) is 18.9 Å². The fourth-order valence-corrected chi connectivity index (χ4v) is 3.40. The zero-order valence-corrected chi connectivity index (χ0v) is 16.8. The minimum atomic E-state index is -4.41. The van der Waals surface area contributed by atoms with Gasteiger partial charge in [0.25, 0.3) is 0 Å². The van der Waals surface area contributed by atoms with Crippen molar-refractivity contribution in [3.8, 4) is 0 Å². The number of aryl methyl sites for hydroxylation is 1. The molecular formula is C21H19F3N6O. The molecule has 4 aromatic rings. The molecule has 1 N–H and O–H groups in total. The van der Waals surface area contributed by atoms with Crippen LogP contribution in [0.3, 0.4) is 0 Å². The van der Waals surface area contributed by atoms with E-state index < -0.39 is 11.7 Å². The van der Waals surface area contributed by atoms with Crippen LogP contribution in [-0.4, -0.2) is 30.7 Å². The van der Waals surface area contributed by atoms with Crippen LogP contribution < -0.4 is 5.32 Å². The number of halogens is 3. The molecule has 0 saturated heterocycles. The van der Waals surface area contributed by atoms with E-state index in [1.54, 1.807) is 24.6 Å². The molecule has 0 aliphatic carbocycles. The number of nitrogens with one attached hydrogen (secondary N) is 1. The lowest BCUT2D eigenvalue weighted by molar-refractivity contribution is -0.137. The monoisotopic (exact) mass is 428 g/mol. The maximum Gasteiger partial charge on any atom is 0.416 e. The molecule has 4 rings (SSSR count). The van der Waals surface area contributed by atoms with E-state index in [0.717, 1.165) is 17.6 Å². The van der Waals surface area contributed by atoms with Gasteiger partial charge in [0, 0.05) is 0 Å². The quantitative estimate of drug-likeness (QED) is 0.522. The van der Waals surface area contributed by atoms with Gasteiger partial charge >= 0.3 is 6.18 Å². The number of hydrogen-bond acceptors (Lipinski definition) is 4. The van der Waals surface area contributed by atoms with Gasteiger partial charge in [-0.2, -0.15) is 18.3 Å². The molecule has 2 aromatic heterocycles. The SMILES string of the molecule is Cc1nn(Cc2cccc(C(F)(F)F)c2)c(C)c1NC(=O)Cn1nnc2ccccc21. The Kier molecular flexibility index (Phi) is 5.22. The van der Waals surface area contributed by atoms with Gasteiger partial charge in [-0.15, -0.1) is 5.10 Å². The van der Waals surface area contributed by atoms with Gasteiger partial charge in [0.1, 0.15) is 12.1 Å². The number of para-hydroxylation sites is 1. The molecule has 1 amide bonds. The van der Waals surface area contributed by atoms with E-state index in [4.69, 9.17) is 0 Å². The highest BCUT2D eigenvalue weighted by atomic mass is 19.4. The third-order valence-corrected chi connectivity index (χ3v) is 4.95. The normalized spacial score (nSPS) is 11.8. The number of alkyl halides is 3. The van der Waals surface area contributed by atoms with E-state index in [9.17, 15) is 18.0 Å². The largest absolute Gasteiger partial charge is 0.416 e. The number of rotatable bonds is 5. The number of carbonyl (C=O) groups is 1. The fraction of sp³-hybridized carbons (Fsp3) is 0.238. The molecule has 0 atom stereocenters. The third kappa shape index (κ3) is 4.27. The molecule has 0 unspecified atom stereocenters. The first-order chi connectivity index (χ1) is 14.7. The summed E-state index contributed by atoms with van der Waals surface area (Å²) < 4.78 is 42.0. The smallest absolute Gasteiger partial charge is 0.321 e. The van der Waals surface area contributed by atoms with Crippen LogP contribution >= 0.6 is 0 Å². The number of anilines is 1. The van der Waals surface area contributed by atoms with E-state index in [2.05, 4.69) is 20.7 Å². The summed E-state index contributed by atoms with van der Waals surface area (Å²) in [5, 5.41) is 15.2. The zero-order valence-electron chi connectivity index (χ0n) is 16.8. The van der Waals surface area contributed by atoms with Crippen LogP contribution in [-0.2, 0) is 24.1 Å². The minimum absolute atomic E-state index is 0.0296. The molecule has 0 bridgehead atoms. The van der Waals surface area contributed by atoms with Crippen LogP contribution in [0.1, 0.15) is 22.5 Å². The van der Waals surface area contributed by atoms with Crippen LogP contribution in [0.25, 0.3) is 11.0 Å². The summed E-state index contributed by atoms with van der Waals surface area (Å²) in [6.07, 6.45) is -4.41. The third-order valence-electron chi connectivity index (χ3n) is 4.95. The van der Waals surface area contributed by atoms with Crippen molar-refractivity contribution in [2.45, 2.75) is 33.1 Å². The molecule has 160 valence electrons. The van der Waals surface area contributed by atoms with Crippen molar-refractivity contribution in [2.75, 3.05) is 5.32 Å². The van der Waals surface area contributed by atoms with E-state index >= 15 is 0 Å². The molecule has 0 fully saturated rings. The van der Waals surface area contributed by atoms with Crippen molar-refractivity contribution in [2.24, 2.45) is 0 Å². The van der Waals surface area contributed by atoms with Gasteiger partial charge in [0.15, 0.2) is 0 Å². The van der Waals surface area contributed by atoms with Gasteiger partial charge in [-0.1, -0.05) is 29.5 Å². The van der Waals surface area contributed by atoms with Gasteiger partial charge in [-0.3, -0.25) is 9.48 Å². The predicted molar refractivity (Wildman–Crippen MR) is 108 cm³/mol. The van der Waals surface area contributed by atoms with E-state index in [1.165, 1.54) is 10.7 Å². The summed E-state index contributed by atoms with van der Waals surface area (Å²) >= 11 is 0. The van der Waals surface area contributed by atoms with Crippen molar-refractivity contribution in [3.05, 3.63) is 71.0 Å². The van der Waals surface area contributed by atoms with Gasteiger partial charge < -0.3 is 5.32 Å².